The molecule has 0 heterocycles. The van der Waals surface area contributed by atoms with Crippen molar-refractivity contribution in [1.29, 1.82) is 5.26 Å². The second-order valence-electron chi connectivity index (χ2n) is 4.47. The molecule has 1 atom stereocenters. The van der Waals surface area contributed by atoms with E-state index >= 15 is 0 Å². The van der Waals surface area contributed by atoms with Crippen molar-refractivity contribution >= 4 is 0 Å². The average molecular weight is 195 g/mol. The van der Waals surface area contributed by atoms with E-state index in [4.69, 9.17) is 5.26 Å². The molecule has 1 aliphatic rings. The second-order valence-corrected chi connectivity index (χ2v) is 4.47. The van der Waals surface area contributed by atoms with Gasteiger partial charge < -0.3 is 10.2 Å². The van der Waals surface area contributed by atoms with Crippen LogP contribution in [-0.4, -0.2) is 37.1 Å². The fraction of sp³-hybridized carbons (Fsp3) is 0.909. The molecule has 0 aromatic rings. The lowest BCUT2D eigenvalue weighted by Crippen LogP contribution is -2.49. The molecule has 0 spiro atoms. The predicted molar refractivity (Wildman–Crippen MR) is 57.9 cm³/mol. The molecule has 80 valence electrons. The SMILES string of the molecule is CCN(CC1CC1)CC(C)(C#N)NC. The van der Waals surface area contributed by atoms with Gasteiger partial charge in [0.25, 0.3) is 0 Å². The maximum atomic E-state index is 9.04. The first-order valence-electron chi connectivity index (χ1n) is 5.46. The standard InChI is InChI=1S/C11H21N3/c1-4-14(7-10-5-6-10)9-11(2,8-12)13-3/h10,13H,4-7,9H2,1-3H3. The minimum Gasteiger partial charge on any atom is -0.302 e. The zero-order valence-electron chi connectivity index (χ0n) is 9.51. The summed E-state index contributed by atoms with van der Waals surface area (Å²) in [5.41, 5.74) is -0.398. The molecule has 0 radical (unpaired) electrons. The summed E-state index contributed by atoms with van der Waals surface area (Å²) in [6, 6.07) is 2.33. The van der Waals surface area contributed by atoms with E-state index < -0.39 is 5.54 Å². The van der Waals surface area contributed by atoms with Gasteiger partial charge in [-0.25, -0.2) is 0 Å². The molecule has 1 N–H and O–H groups in total. The molecular formula is C11H21N3. The lowest BCUT2D eigenvalue weighted by atomic mass is 10.0. The molecule has 1 rings (SSSR count). The van der Waals surface area contributed by atoms with Crippen LogP contribution in [0.15, 0.2) is 0 Å². The molecule has 14 heavy (non-hydrogen) atoms. The molecule has 1 fully saturated rings. The zero-order chi connectivity index (χ0) is 10.6. The summed E-state index contributed by atoms with van der Waals surface area (Å²) in [6.07, 6.45) is 2.75. The van der Waals surface area contributed by atoms with E-state index in [1.807, 2.05) is 14.0 Å². The van der Waals surface area contributed by atoms with E-state index in [9.17, 15) is 0 Å². The Bertz CT molecular complexity index is 217. The molecular weight excluding hydrogens is 174 g/mol. The molecule has 1 unspecified atom stereocenters. The van der Waals surface area contributed by atoms with Crippen LogP contribution in [0.25, 0.3) is 0 Å². The average Bonchev–Trinajstić information content (AvgIpc) is 3.00. The summed E-state index contributed by atoms with van der Waals surface area (Å²) < 4.78 is 0. The van der Waals surface area contributed by atoms with E-state index in [0.717, 1.165) is 25.6 Å². The number of hydrogen-bond acceptors (Lipinski definition) is 3. The minimum atomic E-state index is -0.398. The van der Waals surface area contributed by atoms with E-state index in [1.165, 1.54) is 12.8 Å². The van der Waals surface area contributed by atoms with E-state index in [1.54, 1.807) is 0 Å². The summed E-state index contributed by atoms with van der Waals surface area (Å²) in [5.74, 6) is 0.898. The monoisotopic (exact) mass is 195 g/mol. The topological polar surface area (TPSA) is 39.1 Å². The van der Waals surface area contributed by atoms with Crippen molar-refractivity contribution in [2.45, 2.75) is 32.2 Å². The Morgan fingerprint density at radius 2 is 2.21 bits per heavy atom. The van der Waals surface area contributed by atoms with Gasteiger partial charge in [-0.15, -0.1) is 0 Å². The highest BCUT2D eigenvalue weighted by atomic mass is 15.2. The van der Waals surface area contributed by atoms with Gasteiger partial charge in [0.15, 0.2) is 0 Å². The number of nitriles is 1. The van der Waals surface area contributed by atoms with Crippen molar-refractivity contribution < 1.29 is 0 Å². The number of hydrogen-bond donors (Lipinski definition) is 1. The molecule has 0 saturated heterocycles. The van der Waals surface area contributed by atoms with Crippen molar-refractivity contribution in [1.82, 2.24) is 10.2 Å². The Kier molecular flexibility index (Phi) is 3.91. The number of likely N-dealkylation sites (N-methyl/N-ethyl adjacent to an activating group) is 2. The van der Waals surface area contributed by atoms with Crippen molar-refractivity contribution in [3.8, 4) is 6.07 Å². The van der Waals surface area contributed by atoms with Gasteiger partial charge >= 0.3 is 0 Å². The van der Waals surface area contributed by atoms with E-state index in [-0.39, 0.29) is 0 Å². The molecule has 0 bridgehead atoms. The molecule has 0 aliphatic heterocycles. The third-order valence-corrected chi connectivity index (χ3v) is 3.00. The molecule has 1 saturated carbocycles. The molecule has 0 aromatic heterocycles. The Morgan fingerprint density at radius 1 is 1.57 bits per heavy atom. The van der Waals surface area contributed by atoms with Gasteiger partial charge in [-0.05, 0) is 39.3 Å². The smallest absolute Gasteiger partial charge is 0.116 e. The Labute approximate surface area is 87.1 Å². The van der Waals surface area contributed by atoms with E-state index in [2.05, 4.69) is 23.2 Å². The van der Waals surface area contributed by atoms with Crippen molar-refractivity contribution in [2.75, 3.05) is 26.7 Å². The van der Waals surface area contributed by atoms with E-state index in [0.29, 0.717) is 0 Å². The number of nitrogens with zero attached hydrogens (tertiary/aromatic N) is 2. The highest BCUT2D eigenvalue weighted by molar-refractivity contribution is 5.05. The van der Waals surface area contributed by atoms with Gasteiger partial charge in [-0.3, -0.25) is 0 Å². The van der Waals surface area contributed by atoms with Gasteiger partial charge in [-0.2, -0.15) is 5.26 Å². The Hall–Kier alpha value is -0.590. The summed E-state index contributed by atoms with van der Waals surface area (Å²) >= 11 is 0. The summed E-state index contributed by atoms with van der Waals surface area (Å²) in [7, 11) is 1.86. The first-order chi connectivity index (χ1) is 6.63. The molecule has 0 aromatic carbocycles. The predicted octanol–water partition coefficient (Wildman–Crippen LogP) is 1.22. The molecule has 1 aliphatic carbocycles. The minimum absolute atomic E-state index is 0.398. The molecule has 3 nitrogen and oxygen atoms in total. The van der Waals surface area contributed by atoms with Gasteiger partial charge in [0.1, 0.15) is 5.54 Å². The van der Waals surface area contributed by atoms with Gasteiger partial charge in [0, 0.05) is 13.1 Å². The number of nitrogens with one attached hydrogen (secondary N) is 1. The van der Waals surface area contributed by atoms with Crippen LogP contribution in [0.1, 0.15) is 26.7 Å². The molecule has 0 amide bonds. The fourth-order valence-corrected chi connectivity index (χ4v) is 1.59. The van der Waals surface area contributed by atoms with Crippen LogP contribution in [0.3, 0.4) is 0 Å². The van der Waals surface area contributed by atoms with Crippen molar-refractivity contribution in [2.24, 2.45) is 5.92 Å². The first-order valence-corrected chi connectivity index (χ1v) is 5.46. The largest absolute Gasteiger partial charge is 0.302 e. The van der Waals surface area contributed by atoms with Gasteiger partial charge in [-0.1, -0.05) is 6.92 Å². The van der Waals surface area contributed by atoms with Crippen LogP contribution >= 0.6 is 0 Å². The molecule has 3 heteroatoms. The fourth-order valence-electron chi connectivity index (χ4n) is 1.59. The summed E-state index contributed by atoms with van der Waals surface area (Å²) in [4.78, 5) is 2.37. The van der Waals surface area contributed by atoms with Crippen LogP contribution in [-0.2, 0) is 0 Å². The lowest BCUT2D eigenvalue weighted by molar-refractivity contribution is 0.227. The highest BCUT2D eigenvalue weighted by Crippen LogP contribution is 2.29. The number of rotatable bonds is 6. The van der Waals surface area contributed by atoms with Crippen LogP contribution < -0.4 is 5.32 Å². The van der Waals surface area contributed by atoms with Crippen LogP contribution in [0.5, 0.6) is 0 Å². The van der Waals surface area contributed by atoms with Crippen molar-refractivity contribution in [3.05, 3.63) is 0 Å². The van der Waals surface area contributed by atoms with Crippen LogP contribution in [0, 0.1) is 17.2 Å². The highest BCUT2D eigenvalue weighted by Gasteiger charge is 2.28. The third kappa shape index (κ3) is 3.28. The maximum Gasteiger partial charge on any atom is 0.116 e. The van der Waals surface area contributed by atoms with Gasteiger partial charge in [0.2, 0.25) is 0 Å². The third-order valence-electron chi connectivity index (χ3n) is 3.00. The van der Waals surface area contributed by atoms with Crippen LogP contribution in [0.2, 0.25) is 0 Å². The quantitative estimate of drug-likeness (QED) is 0.692. The summed E-state index contributed by atoms with van der Waals surface area (Å²) in [6.45, 7) is 7.15. The second kappa shape index (κ2) is 4.77. The normalized spacial score (nSPS) is 20.5. The Balaban J connectivity index is 2.41. The van der Waals surface area contributed by atoms with Gasteiger partial charge in [0.05, 0.1) is 6.07 Å². The Morgan fingerprint density at radius 3 is 2.57 bits per heavy atom. The first kappa shape index (κ1) is 11.5. The summed E-state index contributed by atoms with van der Waals surface area (Å²) in [5, 5.41) is 12.1. The maximum absolute atomic E-state index is 9.04. The van der Waals surface area contributed by atoms with Crippen LogP contribution in [0.4, 0.5) is 0 Å². The zero-order valence-corrected chi connectivity index (χ0v) is 9.51. The lowest BCUT2D eigenvalue weighted by Gasteiger charge is -2.29. The van der Waals surface area contributed by atoms with Crippen molar-refractivity contribution in [3.63, 3.8) is 0 Å².